The summed E-state index contributed by atoms with van der Waals surface area (Å²) in [5.74, 6) is -0.433. The second-order valence-electron chi connectivity index (χ2n) is 6.36. The quantitative estimate of drug-likeness (QED) is 0.870. The van der Waals surface area contributed by atoms with Crippen LogP contribution in [-0.4, -0.2) is 18.4 Å². The summed E-state index contributed by atoms with van der Waals surface area (Å²) in [7, 11) is 0. The third kappa shape index (κ3) is 4.60. The average Bonchev–Trinajstić information content (AvgIpc) is 2.49. The Bertz CT molecular complexity index is 807. The maximum atomic E-state index is 12.5. The first-order chi connectivity index (χ1) is 11.7. The summed E-state index contributed by atoms with van der Waals surface area (Å²) in [4.78, 5) is 26.1. The second-order valence-corrected chi connectivity index (χ2v) is 6.79. The fraction of sp³-hybridized carbons (Fsp3) is 0.300. The normalized spacial score (nSPS) is 10.5. The van der Waals surface area contributed by atoms with Gasteiger partial charge in [-0.25, -0.2) is 0 Å². The lowest BCUT2D eigenvalue weighted by Crippen LogP contribution is -2.37. The molecule has 0 fully saturated rings. The third-order valence-corrected chi connectivity index (χ3v) is 4.31. The predicted molar refractivity (Wildman–Crippen MR) is 103 cm³/mol. The van der Waals surface area contributed by atoms with Gasteiger partial charge in [0.05, 0.1) is 0 Å². The van der Waals surface area contributed by atoms with Gasteiger partial charge < -0.3 is 10.2 Å². The number of aryl methyl sites for hydroxylation is 4. The van der Waals surface area contributed by atoms with Gasteiger partial charge in [-0.1, -0.05) is 29.3 Å². The molecule has 2 aromatic carbocycles. The number of anilines is 2. The highest BCUT2D eigenvalue weighted by Crippen LogP contribution is 2.25. The molecule has 0 aliphatic carbocycles. The molecule has 25 heavy (non-hydrogen) atoms. The van der Waals surface area contributed by atoms with Gasteiger partial charge in [-0.2, -0.15) is 0 Å². The molecule has 0 radical (unpaired) electrons. The van der Waals surface area contributed by atoms with Crippen LogP contribution in [0.1, 0.15) is 29.2 Å². The molecular weight excluding hydrogens is 336 g/mol. The van der Waals surface area contributed by atoms with Crippen LogP contribution in [0, 0.1) is 27.7 Å². The summed E-state index contributed by atoms with van der Waals surface area (Å²) in [5.41, 5.74) is 5.48. The number of nitrogens with zero attached hydrogens (tertiary/aromatic N) is 1. The zero-order valence-corrected chi connectivity index (χ0v) is 16.0. The number of carbonyl (C=O) groups excluding carboxylic acids is 2. The van der Waals surface area contributed by atoms with Crippen molar-refractivity contribution in [3.63, 3.8) is 0 Å². The molecular formula is C20H23ClN2O2. The first-order valence-corrected chi connectivity index (χ1v) is 8.48. The van der Waals surface area contributed by atoms with Crippen molar-refractivity contribution < 1.29 is 9.59 Å². The van der Waals surface area contributed by atoms with E-state index < -0.39 is 0 Å². The molecule has 5 heteroatoms. The van der Waals surface area contributed by atoms with E-state index in [1.54, 1.807) is 18.2 Å². The van der Waals surface area contributed by atoms with E-state index in [1.807, 2.05) is 39.8 Å². The van der Waals surface area contributed by atoms with Crippen LogP contribution in [0.2, 0.25) is 5.02 Å². The van der Waals surface area contributed by atoms with Gasteiger partial charge in [0, 0.05) is 23.3 Å². The van der Waals surface area contributed by atoms with Gasteiger partial charge in [0.2, 0.25) is 11.8 Å². The molecule has 0 bridgehead atoms. The lowest BCUT2D eigenvalue weighted by molar-refractivity contribution is -0.120. The van der Waals surface area contributed by atoms with Crippen molar-refractivity contribution in [3.05, 3.63) is 57.6 Å². The summed E-state index contributed by atoms with van der Waals surface area (Å²) in [6.45, 7) is 9.20. The highest BCUT2D eigenvalue weighted by atomic mass is 35.5. The van der Waals surface area contributed by atoms with E-state index >= 15 is 0 Å². The zero-order chi connectivity index (χ0) is 18.7. The van der Waals surface area contributed by atoms with E-state index in [0.29, 0.717) is 10.7 Å². The van der Waals surface area contributed by atoms with Crippen LogP contribution in [0.25, 0.3) is 0 Å². The minimum atomic E-state index is -0.236. The van der Waals surface area contributed by atoms with E-state index in [2.05, 4.69) is 5.32 Å². The molecule has 0 aromatic heterocycles. The maximum Gasteiger partial charge on any atom is 0.244 e. The number of halogens is 1. The van der Waals surface area contributed by atoms with Crippen molar-refractivity contribution >= 4 is 34.8 Å². The lowest BCUT2D eigenvalue weighted by atomic mass is 10.1. The Labute approximate surface area is 153 Å². The van der Waals surface area contributed by atoms with Crippen LogP contribution >= 0.6 is 11.6 Å². The van der Waals surface area contributed by atoms with Crippen LogP contribution in [0.4, 0.5) is 11.4 Å². The highest BCUT2D eigenvalue weighted by molar-refractivity contribution is 6.30. The van der Waals surface area contributed by atoms with E-state index in [9.17, 15) is 9.59 Å². The standard InChI is InChI=1S/C20H23ClN2O2/c1-12-8-14(3)20(15(4)9-12)22-19(25)11-23(16(5)24)18-7-6-17(21)10-13(18)2/h6-10H,11H2,1-5H3,(H,22,25). The van der Waals surface area contributed by atoms with Crippen LogP contribution < -0.4 is 10.2 Å². The number of hydrogen-bond acceptors (Lipinski definition) is 2. The third-order valence-electron chi connectivity index (χ3n) is 4.07. The Morgan fingerprint density at radius 3 is 2.12 bits per heavy atom. The molecule has 0 aliphatic rings. The minimum absolute atomic E-state index is 0.0510. The van der Waals surface area contributed by atoms with Crippen molar-refractivity contribution in [3.8, 4) is 0 Å². The Hall–Kier alpha value is -2.33. The number of nitrogens with one attached hydrogen (secondary N) is 1. The molecule has 0 saturated heterocycles. The fourth-order valence-electron chi connectivity index (χ4n) is 2.99. The van der Waals surface area contributed by atoms with Gasteiger partial charge in [0.15, 0.2) is 0 Å². The molecule has 0 aliphatic heterocycles. The van der Waals surface area contributed by atoms with Crippen molar-refractivity contribution in [2.24, 2.45) is 0 Å². The average molecular weight is 359 g/mol. The van der Waals surface area contributed by atoms with E-state index in [0.717, 1.165) is 27.9 Å². The second kappa shape index (κ2) is 7.70. The number of hydrogen-bond donors (Lipinski definition) is 1. The number of amides is 2. The Kier molecular flexibility index (Phi) is 5.85. The Morgan fingerprint density at radius 1 is 1.00 bits per heavy atom. The van der Waals surface area contributed by atoms with Gasteiger partial charge >= 0.3 is 0 Å². The van der Waals surface area contributed by atoms with Gasteiger partial charge in [0.25, 0.3) is 0 Å². The van der Waals surface area contributed by atoms with Crippen molar-refractivity contribution in [2.75, 3.05) is 16.8 Å². The highest BCUT2D eigenvalue weighted by Gasteiger charge is 2.18. The van der Waals surface area contributed by atoms with Gasteiger partial charge in [0.1, 0.15) is 6.54 Å². The van der Waals surface area contributed by atoms with Crippen molar-refractivity contribution in [1.29, 1.82) is 0 Å². The zero-order valence-electron chi connectivity index (χ0n) is 15.2. The summed E-state index contributed by atoms with van der Waals surface area (Å²) in [6, 6.07) is 9.29. The van der Waals surface area contributed by atoms with Gasteiger partial charge in [-0.3, -0.25) is 9.59 Å². The Balaban J connectivity index is 2.23. The van der Waals surface area contributed by atoms with E-state index in [-0.39, 0.29) is 18.4 Å². The van der Waals surface area contributed by atoms with Crippen LogP contribution in [0.5, 0.6) is 0 Å². The Morgan fingerprint density at radius 2 is 1.60 bits per heavy atom. The largest absolute Gasteiger partial charge is 0.324 e. The number of rotatable bonds is 4. The summed E-state index contributed by atoms with van der Waals surface area (Å²) < 4.78 is 0. The molecule has 2 amide bonds. The molecule has 2 rings (SSSR count). The molecule has 0 spiro atoms. The van der Waals surface area contributed by atoms with Crippen LogP contribution in [0.15, 0.2) is 30.3 Å². The number of carbonyl (C=O) groups is 2. The molecule has 4 nitrogen and oxygen atoms in total. The monoisotopic (exact) mass is 358 g/mol. The molecule has 132 valence electrons. The van der Waals surface area contributed by atoms with Gasteiger partial charge in [-0.15, -0.1) is 0 Å². The van der Waals surface area contributed by atoms with E-state index in [1.165, 1.54) is 11.8 Å². The smallest absolute Gasteiger partial charge is 0.244 e. The number of benzene rings is 2. The lowest BCUT2D eigenvalue weighted by Gasteiger charge is -2.23. The molecule has 0 atom stereocenters. The van der Waals surface area contributed by atoms with Crippen LogP contribution in [-0.2, 0) is 9.59 Å². The summed E-state index contributed by atoms with van der Waals surface area (Å²) in [5, 5.41) is 3.53. The van der Waals surface area contributed by atoms with Crippen LogP contribution in [0.3, 0.4) is 0 Å². The molecule has 0 saturated carbocycles. The first kappa shape index (κ1) is 19.0. The maximum absolute atomic E-state index is 12.5. The molecule has 0 heterocycles. The SMILES string of the molecule is CC(=O)N(CC(=O)Nc1c(C)cc(C)cc1C)c1ccc(Cl)cc1C. The van der Waals surface area contributed by atoms with Gasteiger partial charge in [-0.05, 0) is 62.6 Å². The fourth-order valence-corrected chi connectivity index (χ4v) is 3.21. The minimum Gasteiger partial charge on any atom is -0.324 e. The summed E-state index contributed by atoms with van der Waals surface area (Å²) in [6.07, 6.45) is 0. The first-order valence-electron chi connectivity index (χ1n) is 8.11. The molecule has 1 N–H and O–H groups in total. The predicted octanol–water partition coefficient (Wildman–Crippen LogP) is 4.57. The topological polar surface area (TPSA) is 49.4 Å². The van der Waals surface area contributed by atoms with Crippen molar-refractivity contribution in [1.82, 2.24) is 0 Å². The van der Waals surface area contributed by atoms with E-state index in [4.69, 9.17) is 11.6 Å². The van der Waals surface area contributed by atoms with Crippen molar-refractivity contribution in [2.45, 2.75) is 34.6 Å². The molecule has 2 aromatic rings. The molecule has 0 unspecified atom stereocenters. The summed E-state index contributed by atoms with van der Waals surface area (Å²) >= 11 is 5.98.